The number of hydrogen-bond acceptors (Lipinski definition) is 6. The van der Waals surface area contributed by atoms with Crippen LogP contribution in [0.5, 0.6) is 0 Å². The summed E-state index contributed by atoms with van der Waals surface area (Å²) in [5.74, 6) is 0.243. The van der Waals surface area contributed by atoms with Crippen molar-refractivity contribution in [3.63, 3.8) is 0 Å². The van der Waals surface area contributed by atoms with Crippen LogP contribution in [0.15, 0.2) is 11.0 Å². The summed E-state index contributed by atoms with van der Waals surface area (Å²) < 4.78 is 2.45. The predicted octanol–water partition coefficient (Wildman–Crippen LogP) is 1.80. The van der Waals surface area contributed by atoms with Crippen LogP contribution in [0.25, 0.3) is 0 Å². The average Bonchev–Trinajstić information content (AvgIpc) is 2.64. The van der Waals surface area contributed by atoms with E-state index >= 15 is 0 Å². The Morgan fingerprint density at radius 3 is 3.06 bits per heavy atom. The Hall–Kier alpha value is -1.91. The van der Waals surface area contributed by atoms with Gasteiger partial charge >= 0.3 is 0 Å². The second-order valence-electron chi connectivity index (χ2n) is 3.14. The second-order valence-corrected chi connectivity index (χ2v) is 4.32. The molecule has 0 aliphatic heterocycles. The van der Waals surface area contributed by atoms with Crippen molar-refractivity contribution >= 4 is 34.1 Å². The number of nitrogens with one attached hydrogen (secondary N) is 2. The summed E-state index contributed by atoms with van der Waals surface area (Å²) in [6.07, 6.45) is 1.55. The normalized spacial score (nSPS) is 9.94. The standard InChI is InChI=1S/C9H6ClN5OS/c1-4-3-12-9(13-6(4)10)14-8-5(2-11)7(16)15-17-8/h3H,1H3,(H,15,16)(H,12,13,14). The maximum absolute atomic E-state index is 11.2. The Bertz CT molecular complexity index is 656. The van der Waals surface area contributed by atoms with Gasteiger partial charge in [0.1, 0.15) is 16.2 Å². The van der Waals surface area contributed by atoms with Gasteiger partial charge < -0.3 is 5.32 Å². The molecule has 0 spiro atoms. The zero-order chi connectivity index (χ0) is 12.4. The van der Waals surface area contributed by atoms with Crippen molar-refractivity contribution in [2.24, 2.45) is 0 Å². The molecular weight excluding hydrogens is 262 g/mol. The summed E-state index contributed by atoms with van der Waals surface area (Å²) in [5, 5.41) is 12.3. The number of nitrogens with zero attached hydrogens (tertiary/aromatic N) is 3. The summed E-state index contributed by atoms with van der Waals surface area (Å²) in [7, 11) is 0. The number of aryl methyl sites for hydroxylation is 1. The predicted molar refractivity (Wildman–Crippen MR) is 64.7 cm³/mol. The van der Waals surface area contributed by atoms with E-state index in [9.17, 15) is 4.79 Å². The molecule has 0 atom stereocenters. The van der Waals surface area contributed by atoms with Crippen LogP contribution in [0.2, 0.25) is 5.15 Å². The van der Waals surface area contributed by atoms with Crippen LogP contribution in [0, 0.1) is 18.3 Å². The third-order valence-corrected chi connectivity index (χ3v) is 3.13. The number of H-pyrrole nitrogens is 1. The molecule has 2 heterocycles. The van der Waals surface area contributed by atoms with E-state index in [-0.39, 0.29) is 11.5 Å². The molecule has 0 fully saturated rings. The zero-order valence-electron chi connectivity index (χ0n) is 8.61. The maximum atomic E-state index is 11.2. The summed E-state index contributed by atoms with van der Waals surface area (Å²) in [5.41, 5.74) is 0.327. The molecular formula is C9H6ClN5OS. The van der Waals surface area contributed by atoms with Gasteiger partial charge in [-0.05, 0) is 18.5 Å². The highest BCUT2D eigenvalue weighted by molar-refractivity contribution is 7.10. The van der Waals surface area contributed by atoms with Gasteiger partial charge in [-0.25, -0.2) is 9.97 Å². The fourth-order valence-corrected chi connectivity index (χ4v) is 1.88. The highest BCUT2D eigenvalue weighted by Crippen LogP contribution is 2.21. The van der Waals surface area contributed by atoms with Crippen molar-refractivity contribution < 1.29 is 0 Å². The first-order valence-electron chi connectivity index (χ1n) is 4.49. The first-order chi connectivity index (χ1) is 8.11. The summed E-state index contributed by atoms with van der Waals surface area (Å²) >= 11 is 6.85. The molecule has 2 rings (SSSR count). The van der Waals surface area contributed by atoms with Crippen LogP contribution < -0.4 is 10.9 Å². The van der Waals surface area contributed by atoms with Crippen LogP contribution in [0.1, 0.15) is 11.1 Å². The van der Waals surface area contributed by atoms with E-state index in [1.165, 1.54) is 0 Å². The largest absolute Gasteiger partial charge is 0.313 e. The molecule has 0 bridgehead atoms. The number of hydrogen-bond donors (Lipinski definition) is 2. The van der Waals surface area contributed by atoms with Crippen LogP contribution in [0.3, 0.4) is 0 Å². The van der Waals surface area contributed by atoms with E-state index in [0.29, 0.717) is 10.2 Å². The Balaban J connectivity index is 2.35. The van der Waals surface area contributed by atoms with E-state index in [1.807, 2.05) is 0 Å². The van der Waals surface area contributed by atoms with E-state index in [1.54, 1.807) is 19.2 Å². The van der Waals surface area contributed by atoms with Crippen molar-refractivity contribution in [1.82, 2.24) is 14.3 Å². The highest BCUT2D eigenvalue weighted by atomic mass is 35.5. The Morgan fingerprint density at radius 2 is 2.41 bits per heavy atom. The Kier molecular flexibility index (Phi) is 3.08. The highest BCUT2D eigenvalue weighted by Gasteiger charge is 2.11. The van der Waals surface area contributed by atoms with Crippen molar-refractivity contribution in [2.75, 3.05) is 5.32 Å². The van der Waals surface area contributed by atoms with Crippen LogP contribution in [0.4, 0.5) is 10.9 Å². The first kappa shape index (κ1) is 11.6. The molecule has 2 aromatic heterocycles. The first-order valence-corrected chi connectivity index (χ1v) is 5.69. The van der Waals surface area contributed by atoms with Crippen LogP contribution in [-0.2, 0) is 0 Å². The van der Waals surface area contributed by atoms with Crippen molar-refractivity contribution in [3.8, 4) is 6.07 Å². The molecule has 0 saturated carbocycles. The topological polar surface area (TPSA) is 94.5 Å². The molecule has 2 aromatic rings. The van der Waals surface area contributed by atoms with Crippen LogP contribution >= 0.6 is 23.1 Å². The van der Waals surface area contributed by atoms with Gasteiger partial charge in [0.15, 0.2) is 5.56 Å². The summed E-state index contributed by atoms with van der Waals surface area (Å²) in [4.78, 5) is 19.2. The lowest BCUT2D eigenvalue weighted by molar-refractivity contribution is 1.13. The summed E-state index contributed by atoms with van der Waals surface area (Å²) in [6, 6.07) is 1.81. The molecule has 0 aliphatic rings. The second kappa shape index (κ2) is 4.53. The fourth-order valence-electron chi connectivity index (χ4n) is 1.08. The maximum Gasteiger partial charge on any atom is 0.278 e. The van der Waals surface area contributed by atoms with E-state index in [2.05, 4.69) is 19.7 Å². The van der Waals surface area contributed by atoms with Crippen LogP contribution in [-0.4, -0.2) is 14.3 Å². The number of aromatic nitrogens is 3. The monoisotopic (exact) mass is 267 g/mol. The lowest BCUT2D eigenvalue weighted by Crippen LogP contribution is -2.04. The number of anilines is 2. The molecule has 0 aliphatic carbocycles. The Morgan fingerprint density at radius 1 is 1.65 bits per heavy atom. The average molecular weight is 268 g/mol. The lowest BCUT2D eigenvalue weighted by atomic mass is 10.4. The number of aromatic amines is 1. The smallest absolute Gasteiger partial charge is 0.278 e. The number of rotatable bonds is 2. The molecule has 6 nitrogen and oxygen atoms in total. The summed E-state index contributed by atoms with van der Waals surface area (Å²) in [6.45, 7) is 1.78. The van der Waals surface area contributed by atoms with E-state index < -0.39 is 5.56 Å². The molecule has 0 unspecified atom stereocenters. The van der Waals surface area contributed by atoms with Gasteiger partial charge in [0.2, 0.25) is 5.95 Å². The molecule has 2 N–H and O–H groups in total. The van der Waals surface area contributed by atoms with E-state index in [0.717, 1.165) is 17.1 Å². The van der Waals surface area contributed by atoms with Gasteiger partial charge in [-0.15, -0.1) is 0 Å². The van der Waals surface area contributed by atoms with Gasteiger partial charge in [-0.1, -0.05) is 11.6 Å². The van der Waals surface area contributed by atoms with Gasteiger partial charge in [0.05, 0.1) is 0 Å². The van der Waals surface area contributed by atoms with Gasteiger partial charge in [0, 0.05) is 11.8 Å². The number of nitriles is 1. The minimum absolute atomic E-state index is 0.00953. The molecule has 86 valence electrons. The Labute approximate surface area is 105 Å². The third-order valence-electron chi connectivity index (χ3n) is 1.95. The van der Waals surface area contributed by atoms with Gasteiger partial charge in [0.25, 0.3) is 5.56 Å². The van der Waals surface area contributed by atoms with Gasteiger partial charge in [-0.2, -0.15) is 5.26 Å². The minimum Gasteiger partial charge on any atom is -0.313 e. The SMILES string of the molecule is Cc1cnc(Nc2s[nH]c(=O)c2C#N)nc1Cl. The van der Waals surface area contributed by atoms with E-state index in [4.69, 9.17) is 16.9 Å². The van der Waals surface area contributed by atoms with Gasteiger partial charge in [-0.3, -0.25) is 9.17 Å². The quantitative estimate of drug-likeness (QED) is 0.809. The zero-order valence-corrected chi connectivity index (χ0v) is 10.2. The third kappa shape index (κ3) is 2.27. The molecule has 17 heavy (non-hydrogen) atoms. The van der Waals surface area contributed by atoms with Crippen molar-refractivity contribution in [3.05, 3.63) is 32.8 Å². The molecule has 0 radical (unpaired) electrons. The molecule has 0 amide bonds. The number of halogens is 1. The molecule has 0 saturated heterocycles. The lowest BCUT2D eigenvalue weighted by Gasteiger charge is -2.02. The minimum atomic E-state index is -0.432. The van der Waals surface area contributed by atoms with Crippen molar-refractivity contribution in [1.29, 1.82) is 5.26 Å². The van der Waals surface area contributed by atoms with Crippen molar-refractivity contribution in [2.45, 2.75) is 6.92 Å². The molecule has 0 aromatic carbocycles. The molecule has 8 heteroatoms. The fraction of sp³-hybridized carbons (Fsp3) is 0.111.